The van der Waals surface area contributed by atoms with Gasteiger partial charge in [-0.25, -0.2) is 8.78 Å². The molecule has 0 bridgehead atoms. The van der Waals surface area contributed by atoms with Crippen LogP contribution in [0, 0.1) is 11.6 Å². The van der Waals surface area contributed by atoms with Gasteiger partial charge in [0.15, 0.2) is 28.7 Å². The highest BCUT2D eigenvalue weighted by atomic mass is 32.2. The first-order chi connectivity index (χ1) is 16.0. The van der Waals surface area contributed by atoms with Gasteiger partial charge in [0.1, 0.15) is 5.82 Å². The number of carbonyl (C=O) groups is 1. The summed E-state index contributed by atoms with van der Waals surface area (Å²) in [5, 5.41) is 11.6. The van der Waals surface area contributed by atoms with E-state index in [1.165, 1.54) is 36.0 Å². The van der Waals surface area contributed by atoms with E-state index in [9.17, 15) is 13.6 Å². The Morgan fingerprint density at radius 2 is 1.79 bits per heavy atom. The van der Waals surface area contributed by atoms with Gasteiger partial charge >= 0.3 is 0 Å². The van der Waals surface area contributed by atoms with Gasteiger partial charge in [-0.1, -0.05) is 48.2 Å². The molecule has 6 nitrogen and oxygen atoms in total. The monoisotopic (exact) mass is 466 g/mol. The summed E-state index contributed by atoms with van der Waals surface area (Å²) in [7, 11) is 0. The van der Waals surface area contributed by atoms with Crippen molar-refractivity contribution in [2.24, 2.45) is 0 Å². The van der Waals surface area contributed by atoms with Crippen molar-refractivity contribution >= 4 is 23.4 Å². The Kier molecular flexibility index (Phi) is 6.99. The summed E-state index contributed by atoms with van der Waals surface area (Å²) in [5.41, 5.74) is 1.15. The van der Waals surface area contributed by atoms with Crippen LogP contribution in [0.25, 0.3) is 5.69 Å². The smallest absolute Gasteiger partial charge is 0.234 e. The number of nitrogens with one attached hydrogen (secondary N) is 1. The van der Waals surface area contributed by atoms with Gasteiger partial charge in [0.2, 0.25) is 5.91 Å². The van der Waals surface area contributed by atoms with Gasteiger partial charge in [0, 0.05) is 11.4 Å². The van der Waals surface area contributed by atoms with Crippen molar-refractivity contribution in [1.82, 2.24) is 14.8 Å². The minimum Gasteiger partial charge on any atom is -0.480 e. The molecule has 0 aliphatic rings. The van der Waals surface area contributed by atoms with Crippen molar-refractivity contribution in [3.63, 3.8) is 0 Å². The van der Waals surface area contributed by atoms with Crippen molar-refractivity contribution in [3.05, 3.63) is 96.3 Å². The summed E-state index contributed by atoms with van der Waals surface area (Å²) >= 11 is 1.18. The molecule has 1 atom stereocenters. The zero-order valence-corrected chi connectivity index (χ0v) is 18.4. The zero-order valence-electron chi connectivity index (χ0n) is 17.6. The third-order valence-electron chi connectivity index (χ3n) is 4.62. The molecular weight excluding hydrogens is 446 g/mol. The van der Waals surface area contributed by atoms with Crippen LogP contribution in [0.15, 0.2) is 84.0 Å². The fraction of sp³-hybridized carbons (Fsp3) is 0.125. The van der Waals surface area contributed by atoms with Crippen LogP contribution in [-0.4, -0.2) is 26.4 Å². The van der Waals surface area contributed by atoms with Crippen LogP contribution in [0.3, 0.4) is 0 Å². The van der Waals surface area contributed by atoms with Crippen molar-refractivity contribution < 1.29 is 18.3 Å². The van der Waals surface area contributed by atoms with E-state index in [0.29, 0.717) is 16.7 Å². The van der Waals surface area contributed by atoms with Crippen molar-refractivity contribution in [2.45, 2.75) is 18.2 Å². The number of carbonyl (C=O) groups excluding carboxylic acids is 1. The number of hydrogen-bond donors (Lipinski definition) is 1. The second kappa shape index (κ2) is 10.3. The molecule has 4 rings (SSSR count). The first-order valence-electron chi connectivity index (χ1n) is 10.1. The Balaban J connectivity index is 1.55. The molecule has 33 heavy (non-hydrogen) atoms. The fourth-order valence-corrected chi connectivity index (χ4v) is 3.89. The fourth-order valence-electron chi connectivity index (χ4n) is 3.13. The summed E-state index contributed by atoms with van der Waals surface area (Å²) < 4.78 is 35.0. The molecule has 1 amide bonds. The lowest BCUT2D eigenvalue weighted by Gasteiger charge is -2.17. The number of thioether (sulfide) groups is 1. The van der Waals surface area contributed by atoms with Crippen LogP contribution in [0.2, 0.25) is 0 Å². The normalized spacial score (nSPS) is 11.7. The summed E-state index contributed by atoms with van der Waals surface area (Å²) in [6, 6.07) is 21.2. The van der Waals surface area contributed by atoms with Crippen LogP contribution < -0.4 is 10.1 Å². The van der Waals surface area contributed by atoms with E-state index >= 15 is 0 Å². The van der Waals surface area contributed by atoms with Crippen molar-refractivity contribution in [2.75, 3.05) is 11.1 Å². The number of ether oxygens (including phenoxy) is 1. The molecule has 1 N–H and O–H groups in total. The highest BCUT2D eigenvalue weighted by molar-refractivity contribution is 7.99. The Bertz CT molecular complexity index is 1250. The van der Waals surface area contributed by atoms with E-state index in [1.807, 2.05) is 30.3 Å². The predicted octanol–water partition coefficient (Wildman–Crippen LogP) is 5.42. The third kappa shape index (κ3) is 5.56. The Morgan fingerprint density at radius 3 is 2.55 bits per heavy atom. The maximum atomic E-state index is 14.1. The standard InChI is InChI=1S/C24H20F2N4O2S/c1-16(32-21-13-6-5-12-20(21)26)23-28-29-24(30(23)19-10-3-2-4-11-19)33-15-22(31)27-18-9-7-8-17(25)14-18/h2-14,16H,15H2,1H3,(H,27,31). The van der Waals surface area contributed by atoms with Crippen molar-refractivity contribution in [3.8, 4) is 11.4 Å². The van der Waals surface area contributed by atoms with Crippen LogP contribution in [0.5, 0.6) is 5.75 Å². The number of amides is 1. The maximum Gasteiger partial charge on any atom is 0.234 e. The van der Waals surface area contributed by atoms with Crippen LogP contribution in [0.1, 0.15) is 18.9 Å². The molecule has 1 heterocycles. The molecule has 1 aromatic heterocycles. The van der Waals surface area contributed by atoms with Crippen LogP contribution in [-0.2, 0) is 4.79 Å². The van der Waals surface area contributed by atoms with E-state index < -0.39 is 17.7 Å². The number of hydrogen-bond acceptors (Lipinski definition) is 5. The quantitative estimate of drug-likeness (QED) is 0.352. The summed E-state index contributed by atoms with van der Waals surface area (Å²) in [4.78, 5) is 12.4. The van der Waals surface area contributed by atoms with Gasteiger partial charge in [-0.05, 0) is 49.4 Å². The zero-order chi connectivity index (χ0) is 23.2. The van der Waals surface area contributed by atoms with E-state index in [-0.39, 0.29) is 17.4 Å². The number of halogens is 2. The van der Waals surface area contributed by atoms with E-state index in [0.717, 1.165) is 5.69 Å². The summed E-state index contributed by atoms with van der Waals surface area (Å²) in [5.74, 6) is -0.625. The first kappa shape index (κ1) is 22.5. The number of rotatable bonds is 8. The van der Waals surface area contributed by atoms with E-state index in [4.69, 9.17) is 4.74 Å². The molecule has 168 valence electrons. The maximum absolute atomic E-state index is 14.1. The molecule has 0 fully saturated rings. The lowest BCUT2D eigenvalue weighted by Crippen LogP contribution is -2.15. The van der Waals surface area contributed by atoms with E-state index in [2.05, 4.69) is 15.5 Å². The number of aromatic nitrogens is 3. The molecule has 0 spiro atoms. The molecule has 4 aromatic rings. The highest BCUT2D eigenvalue weighted by Gasteiger charge is 2.22. The van der Waals surface area contributed by atoms with Gasteiger partial charge in [-0.2, -0.15) is 0 Å². The summed E-state index contributed by atoms with van der Waals surface area (Å²) in [6.45, 7) is 1.75. The van der Waals surface area contributed by atoms with Gasteiger partial charge in [-0.3, -0.25) is 9.36 Å². The minimum atomic E-state index is -0.620. The largest absolute Gasteiger partial charge is 0.480 e. The average molecular weight is 467 g/mol. The molecule has 3 aromatic carbocycles. The van der Waals surface area contributed by atoms with E-state index in [1.54, 1.807) is 35.8 Å². The van der Waals surface area contributed by atoms with Gasteiger partial charge in [0.05, 0.1) is 5.75 Å². The molecule has 0 aliphatic carbocycles. The number of nitrogens with zero attached hydrogens (tertiary/aromatic N) is 3. The van der Waals surface area contributed by atoms with Gasteiger partial charge in [0.25, 0.3) is 0 Å². The molecule has 9 heteroatoms. The molecule has 0 aliphatic heterocycles. The highest BCUT2D eigenvalue weighted by Crippen LogP contribution is 2.29. The lowest BCUT2D eigenvalue weighted by atomic mass is 10.3. The molecule has 1 unspecified atom stereocenters. The lowest BCUT2D eigenvalue weighted by molar-refractivity contribution is -0.113. The topological polar surface area (TPSA) is 69.0 Å². The molecule has 0 saturated carbocycles. The van der Waals surface area contributed by atoms with Crippen molar-refractivity contribution in [1.29, 1.82) is 0 Å². The third-order valence-corrected chi connectivity index (χ3v) is 5.55. The predicted molar refractivity (Wildman–Crippen MR) is 123 cm³/mol. The Morgan fingerprint density at radius 1 is 1.03 bits per heavy atom. The van der Waals surface area contributed by atoms with Gasteiger partial charge < -0.3 is 10.1 Å². The Hall–Kier alpha value is -3.72. The van der Waals surface area contributed by atoms with Gasteiger partial charge in [-0.15, -0.1) is 10.2 Å². The molecule has 0 saturated heterocycles. The average Bonchev–Trinajstić information content (AvgIpc) is 3.24. The number of benzene rings is 3. The molecular formula is C24H20F2N4O2S. The summed E-state index contributed by atoms with van der Waals surface area (Å²) in [6.07, 6.45) is -0.620. The first-order valence-corrected chi connectivity index (χ1v) is 11.1. The second-order valence-electron chi connectivity index (χ2n) is 7.05. The van der Waals surface area contributed by atoms with Crippen LogP contribution >= 0.6 is 11.8 Å². The Labute approximate surface area is 193 Å². The number of anilines is 1. The minimum absolute atomic E-state index is 0.0318. The van der Waals surface area contributed by atoms with Crippen LogP contribution in [0.4, 0.5) is 14.5 Å². The number of para-hydroxylation sites is 2. The molecule has 0 radical (unpaired) electrons. The second-order valence-corrected chi connectivity index (χ2v) is 7.99. The SMILES string of the molecule is CC(Oc1ccccc1F)c1nnc(SCC(=O)Nc2cccc(F)c2)n1-c1ccccc1.